The quantitative estimate of drug-likeness (QED) is 0.880. The fourth-order valence-corrected chi connectivity index (χ4v) is 3.90. The van der Waals surface area contributed by atoms with E-state index in [-0.39, 0.29) is 10.8 Å². The number of halogens is 1. The lowest BCUT2D eigenvalue weighted by Crippen LogP contribution is -2.41. The van der Waals surface area contributed by atoms with Gasteiger partial charge in [0.05, 0.1) is 12.0 Å². The number of carbonyl (C=O) groups is 1. The molecule has 1 aliphatic heterocycles. The highest BCUT2D eigenvalue weighted by Gasteiger charge is 2.35. The van der Waals surface area contributed by atoms with Crippen molar-refractivity contribution in [3.63, 3.8) is 0 Å². The van der Waals surface area contributed by atoms with Crippen LogP contribution in [0.25, 0.3) is 0 Å². The van der Waals surface area contributed by atoms with Crippen LogP contribution in [0.15, 0.2) is 53.4 Å². The maximum Gasteiger partial charge on any atom is 0.245 e. The first-order chi connectivity index (χ1) is 11.9. The summed E-state index contributed by atoms with van der Waals surface area (Å²) >= 11 is 0. The van der Waals surface area contributed by atoms with Gasteiger partial charge in [0.15, 0.2) is 0 Å². The molecule has 132 valence electrons. The van der Waals surface area contributed by atoms with Gasteiger partial charge in [-0.15, -0.1) is 0 Å². The smallest absolute Gasteiger partial charge is 0.245 e. The predicted molar refractivity (Wildman–Crippen MR) is 90.5 cm³/mol. The lowest BCUT2D eigenvalue weighted by atomic mass is 10.2. The lowest BCUT2D eigenvalue weighted by Gasteiger charge is -2.17. The molecule has 6 nitrogen and oxygen atoms in total. The zero-order valence-corrected chi connectivity index (χ0v) is 14.3. The minimum atomic E-state index is -3.89. The van der Waals surface area contributed by atoms with Crippen LogP contribution in [0.2, 0.25) is 0 Å². The third-order valence-corrected chi connectivity index (χ3v) is 5.50. The predicted octanol–water partition coefficient (Wildman–Crippen LogP) is 1.92. The van der Waals surface area contributed by atoms with E-state index in [1.54, 1.807) is 31.4 Å². The number of nitrogens with zero attached hydrogens (tertiary/aromatic N) is 1. The van der Waals surface area contributed by atoms with Gasteiger partial charge in [-0.3, -0.25) is 4.79 Å². The van der Waals surface area contributed by atoms with Crippen LogP contribution in [0.1, 0.15) is 6.42 Å². The number of rotatable bonds is 5. The topological polar surface area (TPSA) is 75.7 Å². The van der Waals surface area contributed by atoms with E-state index in [2.05, 4.69) is 4.72 Å². The standard InChI is InChI=1S/C17H17FN2O4S/c1-24-14-6-4-13(5-7-14)20-11-10-16(17(20)21)19-25(22,23)15-8-2-12(18)3-9-15/h2-9,16,19H,10-11H2,1H3/t16-/m0/s1. The Bertz CT molecular complexity index is 867. The van der Waals surface area contributed by atoms with Crippen molar-refractivity contribution in [2.75, 3.05) is 18.6 Å². The Morgan fingerprint density at radius 3 is 2.36 bits per heavy atom. The number of carbonyl (C=O) groups excluding carboxylic acids is 1. The van der Waals surface area contributed by atoms with Gasteiger partial charge in [0.25, 0.3) is 0 Å². The summed E-state index contributed by atoms with van der Waals surface area (Å²) < 4.78 is 45.1. The highest BCUT2D eigenvalue weighted by atomic mass is 32.2. The average Bonchev–Trinajstić information content (AvgIpc) is 2.95. The molecule has 0 aliphatic carbocycles. The van der Waals surface area contributed by atoms with Gasteiger partial charge in [-0.25, -0.2) is 12.8 Å². The Kier molecular flexibility index (Phi) is 4.73. The molecule has 2 aromatic carbocycles. The van der Waals surface area contributed by atoms with Crippen molar-refractivity contribution in [1.82, 2.24) is 4.72 Å². The fraction of sp³-hybridized carbons (Fsp3) is 0.235. The van der Waals surface area contributed by atoms with Gasteiger partial charge in [-0.1, -0.05) is 0 Å². The first-order valence-electron chi connectivity index (χ1n) is 7.64. The first-order valence-corrected chi connectivity index (χ1v) is 9.12. The van der Waals surface area contributed by atoms with Crippen molar-refractivity contribution in [1.29, 1.82) is 0 Å². The summed E-state index contributed by atoms with van der Waals surface area (Å²) in [6.07, 6.45) is 0.352. The van der Waals surface area contributed by atoms with Gasteiger partial charge in [-0.2, -0.15) is 4.72 Å². The number of sulfonamides is 1. The summed E-state index contributed by atoms with van der Waals surface area (Å²) in [6, 6.07) is 10.6. The summed E-state index contributed by atoms with van der Waals surface area (Å²) in [5, 5.41) is 0. The zero-order valence-electron chi connectivity index (χ0n) is 13.5. The molecule has 1 aliphatic rings. The van der Waals surface area contributed by atoms with E-state index < -0.39 is 21.9 Å². The molecule has 1 heterocycles. The maximum atomic E-state index is 12.9. The van der Waals surface area contributed by atoms with Gasteiger partial charge in [0, 0.05) is 12.2 Å². The molecule has 1 N–H and O–H groups in total. The van der Waals surface area contributed by atoms with E-state index in [4.69, 9.17) is 4.74 Å². The number of methoxy groups -OCH3 is 1. The Labute approximate surface area is 145 Å². The number of amides is 1. The molecule has 1 saturated heterocycles. The lowest BCUT2D eigenvalue weighted by molar-refractivity contribution is -0.118. The van der Waals surface area contributed by atoms with Gasteiger partial charge < -0.3 is 9.64 Å². The molecular weight excluding hydrogens is 347 g/mol. The Morgan fingerprint density at radius 1 is 1.12 bits per heavy atom. The van der Waals surface area contributed by atoms with Crippen LogP contribution < -0.4 is 14.4 Å². The largest absolute Gasteiger partial charge is 0.497 e. The van der Waals surface area contributed by atoms with Gasteiger partial charge in [-0.05, 0) is 55.0 Å². The third kappa shape index (κ3) is 3.64. The van der Waals surface area contributed by atoms with Crippen molar-refractivity contribution in [3.05, 3.63) is 54.3 Å². The molecule has 25 heavy (non-hydrogen) atoms. The molecule has 3 rings (SSSR count). The van der Waals surface area contributed by atoms with Crippen molar-refractivity contribution in [2.45, 2.75) is 17.4 Å². The molecule has 1 amide bonds. The second-order valence-corrected chi connectivity index (χ2v) is 7.32. The van der Waals surface area contributed by atoms with Crippen LogP contribution >= 0.6 is 0 Å². The molecule has 0 bridgehead atoms. The van der Waals surface area contributed by atoms with E-state index in [1.165, 1.54) is 17.0 Å². The molecule has 0 radical (unpaired) electrons. The highest BCUT2D eigenvalue weighted by molar-refractivity contribution is 7.89. The molecule has 0 unspecified atom stereocenters. The Morgan fingerprint density at radius 2 is 1.76 bits per heavy atom. The zero-order chi connectivity index (χ0) is 18.0. The van der Waals surface area contributed by atoms with Crippen molar-refractivity contribution in [2.24, 2.45) is 0 Å². The van der Waals surface area contributed by atoms with Crippen LogP contribution in [0, 0.1) is 5.82 Å². The monoisotopic (exact) mass is 364 g/mol. The molecule has 0 aromatic heterocycles. The molecule has 1 atom stereocenters. The second-order valence-electron chi connectivity index (χ2n) is 5.60. The van der Waals surface area contributed by atoms with E-state index >= 15 is 0 Å². The molecule has 2 aromatic rings. The number of anilines is 1. The van der Waals surface area contributed by atoms with Crippen LogP contribution in [-0.2, 0) is 14.8 Å². The fourth-order valence-electron chi connectivity index (χ4n) is 2.68. The second kappa shape index (κ2) is 6.81. The average molecular weight is 364 g/mol. The van der Waals surface area contributed by atoms with E-state index in [0.717, 1.165) is 12.1 Å². The van der Waals surface area contributed by atoms with E-state index in [1.807, 2.05) is 0 Å². The number of benzene rings is 2. The summed E-state index contributed by atoms with van der Waals surface area (Å²) in [7, 11) is -2.34. The van der Waals surface area contributed by atoms with Crippen LogP contribution in [0.4, 0.5) is 10.1 Å². The van der Waals surface area contributed by atoms with Crippen molar-refractivity contribution < 1.29 is 22.3 Å². The van der Waals surface area contributed by atoms with Crippen molar-refractivity contribution in [3.8, 4) is 5.75 Å². The van der Waals surface area contributed by atoms with Gasteiger partial charge in [0.1, 0.15) is 17.6 Å². The third-order valence-electron chi connectivity index (χ3n) is 4.01. The van der Waals surface area contributed by atoms with Crippen LogP contribution in [0.5, 0.6) is 5.75 Å². The Balaban J connectivity index is 1.74. The SMILES string of the molecule is COc1ccc(N2CC[C@H](NS(=O)(=O)c3ccc(F)cc3)C2=O)cc1. The number of hydrogen-bond acceptors (Lipinski definition) is 4. The molecule has 0 saturated carbocycles. The first kappa shape index (κ1) is 17.4. The summed E-state index contributed by atoms with van der Waals surface area (Å²) in [4.78, 5) is 14.0. The maximum absolute atomic E-state index is 12.9. The van der Waals surface area contributed by atoms with Gasteiger partial charge >= 0.3 is 0 Å². The number of ether oxygens (including phenoxy) is 1. The number of hydrogen-bond donors (Lipinski definition) is 1. The van der Waals surface area contributed by atoms with E-state index in [0.29, 0.717) is 24.4 Å². The van der Waals surface area contributed by atoms with Gasteiger partial charge in [0.2, 0.25) is 15.9 Å². The molecule has 1 fully saturated rings. The van der Waals surface area contributed by atoms with Crippen LogP contribution in [-0.4, -0.2) is 34.0 Å². The van der Waals surface area contributed by atoms with E-state index in [9.17, 15) is 17.6 Å². The summed E-state index contributed by atoms with van der Waals surface area (Å²) in [6.45, 7) is 0.405. The van der Waals surface area contributed by atoms with Crippen LogP contribution in [0.3, 0.4) is 0 Å². The minimum Gasteiger partial charge on any atom is -0.497 e. The summed E-state index contributed by atoms with van der Waals surface area (Å²) in [5.41, 5.74) is 0.675. The minimum absolute atomic E-state index is 0.0791. The molecule has 8 heteroatoms. The summed E-state index contributed by atoms with van der Waals surface area (Å²) in [5.74, 6) is -0.179. The molecular formula is C17H17FN2O4S. The normalized spacial score (nSPS) is 17.8. The highest BCUT2D eigenvalue weighted by Crippen LogP contribution is 2.25. The number of nitrogens with one attached hydrogen (secondary N) is 1. The van der Waals surface area contributed by atoms with Crippen molar-refractivity contribution >= 4 is 21.6 Å². The Hall–Kier alpha value is -2.45. The molecule has 0 spiro atoms.